The van der Waals surface area contributed by atoms with Gasteiger partial charge in [-0.05, 0) is 68.5 Å². The zero-order valence-corrected chi connectivity index (χ0v) is 17.1. The number of benzene rings is 1. The molecular weight excluding hydrogens is 395 g/mol. The summed E-state index contributed by atoms with van der Waals surface area (Å²) >= 11 is 11.7. The zero-order chi connectivity index (χ0) is 19.8. The van der Waals surface area contributed by atoms with Crippen molar-refractivity contribution in [3.05, 3.63) is 83.2 Å². The Morgan fingerprint density at radius 3 is 2.68 bits per heavy atom. The van der Waals surface area contributed by atoms with Crippen LogP contribution in [0.15, 0.2) is 60.9 Å². The van der Waals surface area contributed by atoms with E-state index in [-0.39, 0.29) is 23.1 Å². The van der Waals surface area contributed by atoms with Crippen molar-refractivity contribution >= 4 is 28.9 Å². The molecule has 0 spiro atoms. The highest BCUT2D eigenvalue weighted by atomic mass is 35.5. The van der Waals surface area contributed by atoms with E-state index in [2.05, 4.69) is 35.1 Å². The Kier molecular flexibility index (Phi) is 5.08. The largest absolute Gasteiger partial charge is 0.352 e. The van der Waals surface area contributed by atoms with Gasteiger partial charge in [0.1, 0.15) is 5.82 Å². The minimum Gasteiger partial charge on any atom is -0.352 e. The van der Waals surface area contributed by atoms with E-state index >= 15 is 0 Å². The number of rotatable bonds is 4. The number of nitrogens with one attached hydrogen (secondary N) is 1. The molecule has 144 valence electrons. The van der Waals surface area contributed by atoms with E-state index in [4.69, 9.17) is 23.8 Å². The lowest BCUT2D eigenvalue weighted by Crippen LogP contribution is -2.36. The first-order valence-electron chi connectivity index (χ1n) is 9.10. The van der Waals surface area contributed by atoms with Crippen LogP contribution >= 0.6 is 23.8 Å². The minimum atomic E-state index is -0.432. The van der Waals surface area contributed by atoms with Crippen LogP contribution in [0, 0.1) is 5.82 Å². The third-order valence-corrected chi connectivity index (χ3v) is 5.57. The van der Waals surface area contributed by atoms with Crippen molar-refractivity contribution in [3.63, 3.8) is 0 Å². The molecule has 1 saturated heterocycles. The quantitative estimate of drug-likeness (QED) is 0.606. The van der Waals surface area contributed by atoms with E-state index in [1.54, 1.807) is 18.3 Å². The van der Waals surface area contributed by atoms with Crippen LogP contribution < -0.4 is 5.32 Å². The number of hydrogen-bond acceptors (Lipinski definition) is 2. The monoisotopic (exact) mass is 414 g/mol. The highest BCUT2D eigenvalue weighted by molar-refractivity contribution is 7.80. The van der Waals surface area contributed by atoms with Gasteiger partial charge in [0.2, 0.25) is 0 Å². The standard InChI is InChI=1S/C21H20ClFN4S/c1-13(2)27-20(19(25-21(27)28)17-6-3-4-10-24-17)18-7-5-11-26(18)14-8-9-16(23)15(22)12-14/h3-13,19-20H,1-2H3,(H,25,28). The summed E-state index contributed by atoms with van der Waals surface area (Å²) < 4.78 is 15.7. The molecule has 1 aromatic carbocycles. The van der Waals surface area contributed by atoms with Crippen molar-refractivity contribution in [1.82, 2.24) is 19.8 Å². The lowest BCUT2D eigenvalue weighted by molar-refractivity contribution is 0.262. The van der Waals surface area contributed by atoms with E-state index in [0.717, 1.165) is 17.1 Å². The predicted molar refractivity (Wildman–Crippen MR) is 113 cm³/mol. The highest BCUT2D eigenvalue weighted by Gasteiger charge is 2.42. The molecule has 1 aliphatic heterocycles. The van der Waals surface area contributed by atoms with Crippen molar-refractivity contribution in [2.45, 2.75) is 32.0 Å². The molecule has 0 bridgehead atoms. The molecule has 4 nitrogen and oxygen atoms in total. The molecule has 0 radical (unpaired) electrons. The third-order valence-electron chi connectivity index (χ3n) is 4.96. The van der Waals surface area contributed by atoms with E-state index in [9.17, 15) is 4.39 Å². The van der Waals surface area contributed by atoms with Gasteiger partial charge in [-0.2, -0.15) is 0 Å². The molecule has 2 aromatic heterocycles. The van der Waals surface area contributed by atoms with E-state index < -0.39 is 5.82 Å². The molecule has 2 unspecified atom stereocenters. The van der Waals surface area contributed by atoms with Gasteiger partial charge in [-0.1, -0.05) is 17.7 Å². The Hall–Kier alpha value is -2.44. The molecule has 3 heterocycles. The fourth-order valence-corrected chi connectivity index (χ4v) is 4.37. The first-order valence-corrected chi connectivity index (χ1v) is 9.88. The van der Waals surface area contributed by atoms with Crippen LogP contribution in [0.5, 0.6) is 0 Å². The van der Waals surface area contributed by atoms with Gasteiger partial charge in [0.05, 0.1) is 22.8 Å². The molecule has 4 rings (SSSR count). The predicted octanol–water partition coefficient (Wildman–Crippen LogP) is 5.05. The zero-order valence-electron chi connectivity index (χ0n) is 15.5. The number of nitrogens with zero attached hydrogens (tertiary/aromatic N) is 3. The Morgan fingerprint density at radius 2 is 2.00 bits per heavy atom. The van der Waals surface area contributed by atoms with Gasteiger partial charge < -0.3 is 14.8 Å². The molecular formula is C21H20ClFN4S. The lowest BCUT2D eigenvalue weighted by Gasteiger charge is -2.31. The summed E-state index contributed by atoms with van der Waals surface area (Å²) in [5.74, 6) is -0.432. The highest BCUT2D eigenvalue weighted by Crippen LogP contribution is 2.40. The normalized spacial score (nSPS) is 19.3. The van der Waals surface area contributed by atoms with Crippen molar-refractivity contribution in [1.29, 1.82) is 0 Å². The first kappa shape index (κ1) is 18.9. The summed E-state index contributed by atoms with van der Waals surface area (Å²) in [7, 11) is 0. The number of thiocarbonyl (C=S) groups is 1. The maximum atomic E-state index is 13.7. The molecule has 3 aromatic rings. The number of hydrogen-bond donors (Lipinski definition) is 1. The van der Waals surface area contributed by atoms with Crippen molar-refractivity contribution in [2.75, 3.05) is 0 Å². The Morgan fingerprint density at radius 1 is 1.18 bits per heavy atom. The second-order valence-electron chi connectivity index (χ2n) is 7.03. The molecule has 0 amide bonds. The van der Waals surface area contributed by atoms with Gasteiger partial charge in [0.25, 0.3) is 0 Å². The molecule has 1 fully saturated rings. The third kappa shape index (κ3) is 3.27. The summed E-state index contributed by atoms with van der Waals surface area (Å²) in [6.45, 7) is 4.23. The van der Waals surface area contributed by atoms with E-state index in [1.807, 2.05) is 35.0 Å². The smallest absolute Gasteiger partial charge is 0.170 e. The van der Waals surface area contributed by atoms with Gasteiger partial charge in [0, 0.05) is 29.8 Å². The van der Waals surface area contributed by atoms with Crippen LogP contribution in [0.3, 0.4) is 0 Å². The maximum absolute atomic E-state index is 13.7. The molecule has 28 heavy (non-hydrogen) atoms. The molecule has 0 aliphatic carbocycles. The van der Waals surface area contributed by atoms with Gasteiger partial charge in [0.15, 0.2) is 5.11 Å². The Balaban J connectivity index is 1.84. The number of aromatic nitrogens is 2. The number of halogens is 2. The van der Waals surface area contributed by atoms with Gasteiger partial charge in [-0.25, -0.2) is 4.39 Å². The van der Waals surface area contributed by atoms with E-state index in [1.165, 1.54) is 6.07 Å². The van der Waals surface area contributed by atoms with Crippen molar-refractivity contribution in [3.8, 4) is 5.69 Å². The molecule has 7 heteroatoms. The molecule has 0 saturated carbocycles. The van der Waals surface area contributed by atoms with Crippen LogP contribution in [-0.4, -0.2) is 25.6 Å². The lowest BCUT2D eigenvalue weighted by atomic mass is 10.0. The average molecular weight is 415 g/mol. The van der Waals surface area contributed by atoms with Crippen molar-refractivity contribution < 1.29 is 4.39 Å². The minimum absolute atomic E-state index is 0.0683. The molecule has 1 N–H and O–H groups in total. The second-order valence-corrected chi connectivity index (χ2v) is 7.82. The molecule has 1 aliphatic rings. The average Bonchev–Trinajstić information content (AvgIpc) is 3.28. The fourth-order valence-electron chi connectivity index (χ4n) is 3.74. The van der Waals surface area contributed by atoms with Gasteiger partial charge in [-0.3, -0.25) is 4.98 Å². The summed E-state index contributed by atoms with van der Waals surface area (Å²) in [4.78, 5) is 6.73. The van der Waals surface area contributed by atoms with Gasteiger partial charge >= 0.3 is 0 Å². The Bertz CT molecular complexity index is 1000. The topological polar surface area (TPSA) is 33.1 Å². The SMILES string of the molecule is CC(C)N1C(=S)NC(c2ccccn2)C1c1cccn1-c1ccc(F)c(Cl)c1. The van der Waals surface area contributed by atoms with Crippen LogP contribution in [0.2, 0.25) is 5.02 Å². The fraction of sp³-hybridized carbons (Fsp3) is 0.238. The summed E-state index contributed by atoms with van der Waals surface area (Å²) in [5, 5.41) is 4.23. The van der Waals surface area contributed by atoms with Crippen LogP contribution in [-0.2, 0) is 0 Å². The van der Waals surface area contributed by atoms with E-state index in [0.29, 0.717) is 5.11 Å². The van der Waals surface area contributed by atoms with Gasteiger partial charge in [-0.15, -0.1) is 0 Å². The van der Waals surface area contributed by atoms with Crippen LogP contribution in [0.4, 0.5) is 4.39 Å². The number of pyridine rings is 1. The Labute approximate surface area is 174 Å². The second kappa shape index (κ2) is 7.53. The summed E-state index contributed by atoms with van der Waals surface area (Å²) in [6, 6.07) is 14.7. The first-order chi connectivity index (χ1) is 13.5. The molecule has 2 atom stereocenters. The van der Waals surface area contributed by atoms with Crippen molar-refractivity contribution in [2.24, 2.45) is 0 Å². The van der Waals surface area contributed by atoms with Crippen LogP contribution in [0.25, 0.3) is 5.69 Å². The summed E-state index contributed by atoms with van der Waals surface area (Å²) in [5.41, 5.74) is 2.75. The summed E-state index contributed by atoms with van der Waals surface area (Å²) in [6.07, 6.45) is 3.74. The van der Waals surface area contributed by atoms with Crippen LogP contribution in [0.1, 0.15) is 37.3 Å². The maximum Gasteiger partial charge on any atom is 0.170 e.